The minimum atomic E-state index is -0.613. The van der Waals surface area contributed by atoms with Gasteiger partial charge in [-0.25, -0.2) is 4.79 Å². The average Bonchev–Trinajstić information content (AvgIpc) is 3.24. The summed E-state index contributed by atoms with van der Waals surface area (Å²) in [5.74, 6) is -0.285. The maximum Gasteiger partial charge on any atom is 0.343 e. The number of carbonyl (C=O) groups excluding carboxylic acids is 2. The SMILES string of the molecule is CC(C)C1=NOC(C(=O)N2CC=CC(NC(=O)c3coc(=O)c4ccccc34)C2)C1. The Hall–Kier alpha value is -3.42. The monoisotopic (exact) mass is 409 g/mol. The van der Waals surface area contributed by atoms with Gasteiger partial charge < -0.3 is 19.5 Å². The highest BCUT2D eigenvalue weighted by Gasteiger charge is 2.34. The Bertz CT molecular complexity index is 1100. The summed E-state index contributed by atoms with van der Waals surface area (Å²) in [6.07, 6.45) is 4.75. The molecule has 1 aromatic carbocycles. The predicted molar refractivity (Wildman–Crippen MR) is 111 cm³/mol. The highest BCUT2D eigenvalue weighted by Crippen LogP contribution is 2.20. The Morgan fingerprint density at radius 2 is 2.00 bits per heavy atom. The van der Waals surface area contributed by atoms with Crippen molar-refractivity contribution in [2.75, 3.05) is 13.1 Å². The van der Waals surface area contributed by atoms with Gasteiger partial charge in [-0.2, -0.15) is 0 Å². The van der Waals surface area contributed by atoms with Gasteiger partial charge in [0.05, 0.1) is 22.7 Å². The molecule has 4 rings (SSSR count). The zero-order valence-corrected chi connectivity index (χ0v) is 16.8. The van der Waals surface area contributed by atoms with E-state index in [9.17, 15) is 14.4 Å². The van der Waals surface area contributed by atoms with E-state index in [2.05, 4.69) is 10.5 Å². The number of amides is 2. The largest absolute Gasteiger partial charge is 0.430 e. The van der Waals surface area contributed by atoms with Crippen LogP contribution in [0.15, 0.2) is 57.0 Å². The second kappa shape index (κ2) is 8.14. The third-order valence-electron chi connectivity index (χ3n) is 5.34. The molecule has 0 saturated carbocycles. The van der Waals surface area contributed by atoms with Gasteiger partial charge in [-0.3, -0.25) is 9.59 Å². The normalized spacial score (nSPS) is 20.9. The van der Waals surface area contributed by atoms with Gasteiger partial charge in [0.1, 0.15) is 6.26 Å². The molecule has 2 amide bonds. The molecule has 2 aromatic rings. The Morgan fingerprint density at radius 3 is 2.73 bits per heavy atom. The molecule has 1 N–H and O–H groups in total. The maximum absolute atomic E-state index is 12.8. The highest BCUT2D eigenvalue weighted by atomic mass is 16.6. The van der Waals surface area contributed by atoms with Gasteiger partial charge in [-0.1, -0.05) is 49.4 Å². The number of hydrogen-bond donors (Lipinski definition) is 1. The van der Waals surface area contributed by atoms with Crippen molar-refractivity contribution in [3.8, 4) is 0 Å². The van der Waals surface area contributed by atoms with Crippen molar-refractivity contribution in [2.24, 2.45) is 11.1 Å². The van der Waals surface area contributed by atoms with Crippen molar-refractivity contribution in [1.82, 2.24) is 10.2 Å². The molecule has 0 saturated heterocycles. The van der Waals surface area contributed by atoms with E-state index in [1.54, 1.807) is 29.2 Å². The van der Waals surface area contributed by atoms with E-state index in [-0.39, 0.29) is 29.3 Å². The first-order chi connectivity index (χ1) is 14.4. The summed E-state index contributed by atoms with van der Waals surface area (Å²) >= 11 is 0. The number of carbonyl (C=O) groups is 2. The first-order valence-electron chi connectivity index (χ1n) is 9.93. The first kappa shape index (κ1) is 19.9. The fourth-order valence-electron chi connectivity index (χ4n) is 3.63. The molecular weight excluding hydrogens is 386 g/mol. The minimum absolute atomic E-state index is 0.144. The molecular formula is C22H23N3O5. The van der Waals surface area contributed by atoms with Crippen LogP contribution >= 0.6 is 0 Å². The molecule has 0 spiro atoms. The molecule has 2 unspecified atom stereocenters. The zero-order valence-electron chi connectivity index (χ0n) is 16.8. The van der Waals surface area contributed by atoms with E-state index in [1.807, 2.05) is 26.0 Å². The first-order valence-corrected chi connectivity index (χ1v) is 9.93. The number of hydrogen-bond acceptors (Lipinski definition) is 6. The van der Waals surface area contributed by atoms with E-state index in [1.165, 1.54) is 6.26 Å². The van der Waals surface area contributed by atoms with Gasteiger partial charge >= 0.3 is 5.63 Å². The molecule has 8 nitrogen and oxygen atoms in total. The van der Waals surface area contributed by atoms with Gasteiger partial charge in [-0.15, -0.1) is 0 Å². The summed E-state index contributed by atoms with van der Waals surface area (Å²) in [5.41, 5.74) is 0.662. The van der Waals surface area contributed by atoms with Gasteiger partial charge in [0.25, 0.3) is 11.8 Å². The lowest BCUT2D eigenvalue weighted by Gasteiger charge is -2.30. The van der Waals surface area contributed by atoms with Crippen LogP contribution in [0.25, 0.3) is 10.8 Å². The van der Waals surface area contributed by atoms with Gasteiger partial charge in [0.2, 0.25) is 6.10 Å². The summed E-state index contributed by atoms with van der Waals surface area (Å²) in [4.78, 5) is 44.5. The van der Waals surface area contributed by atoms with Crippen LogP contribution < -0.4 is 10.9 Å². The number of fused-ring (bicyclic) bond motifs is 1. The summed E-state index contributed by atoms with van der Waals surface area (Å²) in [6, 6.07) is 6.43. The second-order valence-electron chi connectivity index (χ2n) is 7.77. The standard InChI is InChI=1S/C22H23N3O5/c1-13(2)18-10-19(30-24-18)21(27)25-9-5-6-14(11-25)23-20(26)17-12-29-22(28)16-8-4-3-7-15(16)17/h3-8,12-14,19H,9-11H2,1-2H3,(H,23,26). The van der Waals surface area contributed by atoms with Gasteiger partial charge in [0.15, 0.2) is 0 Å². The zero-order chi connectivity index (χ0) is 21.3. The molecule has 0 aliphatic carbocycles. The van der Waals surface area contributed by atoms with Crippen LogP contribution in [0.4, 0.5) is 0 Å². The third-order valence-corrected chi connectivity index (χ3v) is 5.34. The lowest BCUT2D eigenvalue weighted by Crippen LogP contribution is -2.50. The Kier molecular flexibility index (Phi) is 5.39. The molecule has 2 aliphatic rings. The molecule has 2 aliphatic heterocycles. The molecule has 0 fully saturated rings. The molecule has 2 atom stereocenters. The smallest absolute Gasteiger partial charge is 0.343 e. The Morgan fingerprint density at radius 1 is 1.23 bits per heavy atom. The molecule has 0 radical (unpaired) electrons. The number of rotatable bonds is 4. The van der Waals surface area contributed by atoms with Crippen molar-refractivity contribution in [3.63, 3.8) is 0 Å². The van der Waals surface area contributed by atoms with Crippen molar-refractivity contribution in [2.45, 2.75) is 32.4 Å². The van der Waals surface area contributed by atoms with Crippen LogP contribution in [0.5, 0.6) is 0 Å². The predicted octanol–water partition coefficient (Wildman–Crippen LogP) is 2.09. The number of oxime groups is 1. The quantitative estimate of drug-likeness (QED) is 0.780. The van der Waals surface area contributed by atoms with Crippen LogP contribution in [0.3, 0.4) is 0 Å². The van der Waals surface area contributed by atoms with Crippen LogP contribution in [-0.4, -0.2) is 47.7 Å². The molecule has 0 bridgehead atoms. The van der Waals surface area contributed by atoms with E-state index < -0.39 is 11.7 Å². The molecule has 30 heavy (non-hydrogen) atoms. The van der Waals surface area contributed by atoms with Crippen LogP contribution in [0.1, 0.15) is 30.6 Å². The van der Waals surface area contributed by atoms with Gasteiger partial charge in [0, 0.05) is 24.9 Å². The molecule has 3 heterocycles. The molecule has 156 valence electrons. The molecule has 8 heteroatoms. The summed E-state index contributed by atoms with van der Waals surface area (Å²) in [5, 5.41) is 7.79. The third kappa shape index (κ3) is 3.85. The fraction of sp³-hybridized carbons (Fsp3) is 0.364. The number of nitrogens with one attached hydrogen (secondary N) is 1. The lowest BCUT2D eigenvalue weighted by molar-refractivity contribution is -0.141. The van der Waals surface area contributed by atoms with Crippen LogP contribution in [0, 0.1) is 5.92 Å². The highest BCUT2D eigenvalue weighted by molar-refractivity contribution is 6.06. The second-order valence-corrected chi connectivity index (χ2v) is 7.77. The Labute approximate surface area is 173 Å². The van der Waals surface area contributed by atoms with E-state index in [4.69, 9.17) is 9.25 Å². The minimum Gasteiger partial charge on any atom is -0.430 e. The van der Waals surface area contributed by atoms with Crippen LogP contribution in [0.2, 0.25) is 0 Å². The summed E-state index contributed by atoms with van der Waals surface area (Å²) < 4.78 is 5.01. The maximum atomic E-state index is 12.8. The van der Waals surface area contributed by atoms with Crippen molar-refractivity contribution < 1.29 is 18.8 Å². The van der Waals surface area contributed by atoms with E-state index in [0.29, 0.717) is 30.3 Å². The van der Waals surface area contributed by atoms with Crippen molar-refractivity contribution in [1.29, 1.82) is 0 Å². The van der Waals surface area contributed by atoms with Gasteiger partial charge in [-0.05, 0) is 12.0 Å². The van der Waals surface area contributed by atoms with Crippen LogP contribution in [-0.2, 0) is 9.63 Å². The average molecular weight is 409 g/mol. The molecule has 1 aromatic heterocycles. The van der Waals surface area contributed by atoms with Crippen molar-refractivity contribution in [3.05, 3.63) is 58.7 Å². The fourth-order valence-corrected chi connectivity index (χ4v) is 3.63. The summed E-state index contributed by atoms with van der Waals surface area (Å²) in [6.45, 7) is 4.80. The topological polar surface area (TPSA) is 101 Å². The lowest BCUT2D eigenvalue weighted by atomic mass is 10.0. The van der Waals surface area contributed by atoms with E-state index in [0.717, 1.165) is 5.71 Å². The summed E-state index contributed by atoms with van der Waals surface area (Å²) in [7, 11) is 0. The Balaban J connectivity index is 1.44. The van der Waals surface area contributed by atoms with E-state index >= 15 is 0 Å². The van der Waals surface area contributed by atoms with Crippen molar-refractivity contribution >= 4 is 28.3 Å². The number of benzene rings is 1. The number of nitrogens with zero attached hydrogens (tertiary/aromatic N) is 2.